The number of carbonyl (C=O) groups excluding carboxylic acids is 8. The number of nitrogens with one attached hydrogen (secondary N) is 2. The number of rotatable bonds is 18. The molecule has 10 fully saturated rings. The third-order valence-corrected chi connectivity index (χ3v) is 32.2. The second-order valence-electron chi connectivity index (χ2n) is 36.5. The topological polar surface area (TPSA) is 317 Å². The highest BCUT2D eigenvalue weighted by atomic mass is 32.2. The molecule has 12 aliphatic rings. The standard InChI is InChI=1S/2C43H54FN3O9S/c2*1-24-7-5-6-8-28-21-43(28,41(51)46-57(52,53)42(3)10-11-42)22-36(48)35-19-31(56-39-34-17-29(44)18-37(54-4)32(34)9-12-45-39)23-47(35)40(50)33(25(2)13-24)20-38(49)55-30-15-26-14-27(26)16-30/h2*6,8-9,12,17-18,24-28,30-31,33,35H,5,7,10-11,13-16,19-23H2,1-4H3,(H,46,51)/b2*8-6-/t24-,25+,26-,27+,28+,30?,31+,33-,35-,43+;24-,25-,26-,27+,28-,30?,31-,33+,35+,43-/m01/s1. The molecule has 8 aliphatic carbocycles. The molecule has 6 heterocycles. The average molecular weight is 1620 g/mol. The molecule has 114 heavy (non-hydrogen) atoms. The van der Waals surface area contributed by atoms with Gasteiger partial charge in [0.15, 0.2) is 11.6 Å². The van der Waals surface area contributed by atoms with Gasteiger partial charge >= 0.3 is 11.9 Å². The van der Waals surface area contributed by atoms with Gasteiger partial charge in [-0.1, -0.05) is 52.0 Å². The summed E-state index contributed by atoms with van der Waals surface area (Å²) in [6.07, 6.45) is 20.9. The Labute approximate surface area is 665 Å². The molecular formula is C86H108F2N6O18S2. The van der Waals surface area contributed by atoms with Crippen LogP contribution in [0.15, 0.2) is 73.1 Å². The zero-order valence-electron chi connectivity index (χ0n) is 66.4. The predicted octanol–water partition coefficient (Wildman–Crippen LogP) is 12.1. The third-order valence-electron chi connectivity index (χ3n) is 27.9. The summed E-state index contributed by atoms with van der Waals surface area (Å²) in [4.78, 5) is 126. The summed E-state index contributed by atoms with van der Waals surface area (Å²) in [6.45, 7) is 11.4. The normalized spacial score (nSPS) is 35.2. The monoisotopic (exact) mass is 1610 g/mol. The molecule has 0 spiro atoms. The predicted molar refractivity (Wildman–Crippen MR) is 416 cm³/mol. The Balaban J connectivity index is 0.000000180. The highest BCUT2D eigenvalue weighted by Gasteiger charge is 2.65. The minimum Gasteiger partial charge on any atom is -0.496 e. The lowest BCUT2D eigenvalue weighted by atomic mass is 9.82. The van der Waals surface area contributed by atoms with Crippen LogP contribution in [-0.2, 0) is 67.9 Å². The minimum absolute atomic E-state index is 0.0190. The fourth-order valence-electron chi connectivity index (χ4n) is 19.7. The van der Waals surface area contributed by atoms with Crippen LogP contribution in [0, 0.1) is 93.5 Å². The molecule has 28 heteroatoms. The van der Waals surface area contributed by atoms with E-state index in [0.717, 1.165) is 38.5 Å². The van der Waals surface area contributed by atoms with E-state index in [2.05, 4.69) is 33.3 Å². The second-order valence-corrected chi connectivity index (χ2v) is 40.9. The summed E-state index contributed by atoms with van der Waals surface area (Å²) in [7, 11) is -5.07. The smallest absolute Gasteiger partial charge is 0.306 e. The zero-order valence-corrected chi connectivity index (χ0v) is 68.0. The number of ether oxygens (including phenoxy) is 6. The third kappa shape index (κ3) is 16.8. The number of benzene rings is 2. The number of allylic oxidation sites excluding steroid dienone is 4. The molecule has 4 aromatic rings. The molecule has 0 bridgehead atoms. The van der Waals surface area contributed by atoms with Gasteiger partial charge in [-0.15, -0.1) is 0 Å². The summed E-state index contributed by atoms with van der Waals surface area (Å²) < 4.78 is 121. The molecule has 2 aromatic heterocycles. The van der Waals surface area contributed by atoms with Crippen LogP contribution in [0.25, 0.3) is 21.5 Å². The van der Waals surface area contributed by atoms with Crippen molar-refractivity contribution in [2.75, 3.05) is 27.3 Å². The van der Waals surface area contributed by atoms with Crippen molar-refractivity contribution < 1.29 is 92.4 Å². The molecule has 616 valence electrons. The van der Waals surface area contributed by atoms with Crippen LogP contribution in [-0.4, -0.2) is 157 Å². The first-order valence-corrected chi connectivity index (χ1v) is 44.3. The number of esters is 2. The van der Waals surface area contributed by atoms with Gasteiger partial charge in [0.2, 0.25) is 55.4 Å². The summed E-state index contributed by atoms with van der Waals surface area (Å²) in [5.41, 5.74) is -2.59. The lowest BCUT2D eigenvalue weighted by molar-refractivity contribution is -0.155. The fourth-order valence-corrected chi connectivity index (χ4v) is 22.4. The Hall–Kier alpha value is -8.14. The van der Waals surface area contributed by atoms with E-state index in [1.54, 1.807) is 26.0 Å². The van der Waals surface area contributed by atoms with Gasteiger partial charge in [0.1, 0.15) is 47.5 Å². The van der Waals surface area contributed by atoms with E-state index >= 15 is 0 Å². The Kier molecular flexibility index (Phi) is 22.3. The van der Waals surface area contributed by atoms with Gasteiger partial charge in [-0.25, -0.2) is 35.6 Å². The Morgan fingerprint density at radius 2 is 0.895 bits per heavy atom. The van der Waals surface area contributed by atoms with Crippen molar-refractivity contribution in [3.05, 3.63) is 84.7 Å². The summed E-state index contributed by atoms with van der Waals surface area (Å²) in [5, 5.41) is 1.86. The van der Waals surface area contributed by atoms with Crippen LogP contribution >= 0.6 is 0 Å². The average Bonchev–Trinajstić information content (AvgIpc) is 1.57. The molecule has 8 saturated carbocycles. The van der Waals surface area contributed by atoms with Crippen LogP contribution in [0.5, 0.6) is 23.3 Å². The first kappa shape index (κ1) is 81.0. The molecule has 16 rings (SSSR count). The van der Waals surface area contributed by atoms with E-state index in [4.69, 9.17) is 28.4 Å². The number of carbonyl (C=O) groups is 8. The van der Waals surface area contributed by atoms with Gasteiger partial charge in [-0.2, -0.15) is 0 Å². The number of methoxy groups -OCH3 is 2. The Bertz CT molecular complexity index is 4490. The lowest BCUT2D eigenvalue weighted by Gasteiger charge is -2.32. The van der Waals surface area contributed by atoms with E-state index in [-0.39, 0.29) is 123 Å². The van der Waals surface area contributed by atoms with Crippen LogP contribution in [0.1, 0.15) is 196 Å². The molecule has 2 saturated heterocycles. The van der Waals surface area contributed by atoms with Crippen molar-refractivity contribution in [1.29, 1.82) is 0 Å². The van der Waals surface area contributed by atoms with Crippen LogP contribution in [0.2, 0.25) is 0 Å². The van der Waals surface area contributed by atoms with Crippen molar-refractivity contribution >= 4 is 88.7 Å². The zero-order chi connectivity index (χ0) is 80.9. The van der Waals surface area contributed by atoms with E-state index in [1.807, 2.05) is 38.2 Å². The molecule has 0 radical (unpaired) electrons. The molecule has 24 nitrogen and oxygen atoms in total. The molecule has 4 aliphatic heterocycles. The molecular weight excluding hydrogens is 1510 g/mol. The maximum atomic E-state index is 15.0. The van der Waals surface area contributed by atoms with Crippen molar-refractivity contribution in [3.63, 3.8) is 0 Å². The first-order valence-electron chi connectivity index (χ1n) is 41.3. The summed E-state index contributed by atoms with van der Waals surface area (Å²) in [6, 6.07) is 6.41. The molecule has 2 unspecified atom stereocenters. The Morgan fingerprint density at radius 3 is 1.25 bits per heavy atom. The summed E-state index contributed by atoms with van der Waals surface area (Å²) in [5.74, 6) is -3.92. The van der Waals surface area contributed by atoms with Gasteiger partial charge in [0, 0.05) is 61.0 Å². The van der Waals surface area contributed by atoms with Gasteiger partial charge in [0.25, 0.3) is 0 Å². The number of sulfonamides is 2. The van der Waals surface area contributed by atoms with Crippen LogP contribution in [0.4, 0.5) is 8.78 Å². The molecule has 2 aromatic carbocycles. The number of nitrogens with zero attached hydrogens (tertiary/aromatic N) is 4. The number of pyridine rings is 2. The fraction of sp³-hybridized carbons (Fsp3) is 0.651. The number of hydrogen-bond donors (Lipinski definition) is 2. The number of halogens is 2. The number of ketones is 2. The number of aromatic nitrogens is 2. The maximum absolute atomic E-state index is 15.0. The van der Waals surface area contributed by atoms with Gasteiger partial charge in [-0.3, -0.25) is 47.8 Å². The van der Waals surface area contributed by atoms with Crippen molar-refractivity contribution in [3.8, 4) is 23.3 Å². The van der Waals surface area contributed by atoms with E-state index in [1.165, 1.54) is 73.5 Å². The number of amides is 4. The lowest BCUT2D eigenvalue weighted by Crippen LogP contribution is -2.48. The number of fused-ring (bicyclic) bond motifs is 8. The van der Waals surface area contributed by atoms with Crippen LogP contribution in [0.3, 0.4) is 0 Å². The van der Waals surface area contributed by atoms with E-state index in [9.17, 15) is 64.0 Å². The van der Waals surface area contributed by atoms with Crippen molar-refractivity contribution in [2.45, 2.75) is 242 Å². The highest BCUT2D eigenvalue weighted by molar-refractivity contribution is 7.92. The summed E-state index contributed by atoms with van der Waals surface area (Å²) >= 11 is 0. The largest absolute Gasteiger partial charge is 0.496 e. The first-order chi connectivity index (χ1) is 54.2. The highest BCUT2D eigenvalue weighted by Crippen LogP contribution is 2.60. The molecule has 2 N–H and O–H groups in total. The van der Waals surface area contributed by atoms with Crippen molar-refractivity contribution in [1.82, 2.24) is 29.2 Å². The van der Waals surface area contributed by atoms with Gasteiger partial charge in [-0.05, 0) is 213 Å². The second kappa shape index (κ2) is 31.4. The quantitative estimate of drug-likeness (QED) is 0.0690. The van der Waals surface area contributed by atoms with E-state index in [0.29, 0.717) is 121 Å². The van der Waals surface area contributed by atoms with Gasteiger partial charge in [0.05, 0.1) is 95.2 Å². The minimum atomic E-state index is -3.97. The van der Waals surface area contributed by atoms with Crippen molar-refractivity contribution in [2.24, 2.45) is 81.8 Å². The number of Topliss-reactive ketones (excluding diaryl/α,β-unsaturated/α-hetero) is 2. The molecule has 4 amide bonds. The van der Waals surface area contributed by atoms with Gasteiger partial charge < -0.3 is 38.2 Å². The number of hydrogen-bond acceptors (Lipinski definition) is 20. The van der Waals surface area contributed by atoms with E-state index < -0.39 is 123 Å². The molecule has 20 atom stereocenters. The van der Waals surface area contributed by atoms with Crippen LogP contribution < -0.4 is 28.4 Å². The SMILES string of the molecule is COc1cc(F)cc2c(O[C@@H]3C[C@H]4C(=O)C[C@]5(C(=O)NS(=O)(=O)C6(C)CC6)C[C@H]5/C=C\CC[C@@H](C)C[C@@H](C)[C@H](CC(=O)OC5C[C@@H]6C[C@@H]6C5)C(=O)N4C3)nccc12.COc1cc(F)cc2c(O[C@@H]3C[C@H]4C(=O)C[C@]5(C(=O)NS(=O)(=O)C6(C)CC6)C[C@H]5/C=C\CC[C@H](C)C[C@@H](C)[C@H](CC(=O)OC5C[C@@H]6C[C@@H]6C5)C(=O)N4C3)nccc12. The Morgan fingerprint density at radius 1 is 0.518 bits per heavy atom. The maximum Gasteiger partial charge on any atom is 0.306 e.